The second kappa shape index (κ2) is 7.53. The molecular formula is C17H22F4N6O. The van der Waals surface area contributed by atoms with Gasteiger partial charge in [-0.25, -0.2) is 23.8 Å². The Kier molecular flexibility index (Phi) is 5.46. The van der Waals surface area contributed by atoms with Crippen molar-refractivity contribution in [1.29, 1.82) is 0 Å². The first kappa shape index (κ1) is 20.3. The van der Waals surface area contributed by atoms with Gasteiger partial charge in [-0.2, -0.15) is 8.78 Å². The molecule has 1 aliphatic rings. The zero-order valence-corrected chi connectivity index (χ0v) is 15.6. The molecule has 2 aromatic heterocycles. The molecule has 11 heteroatoms. The first-order chi connectivity index (χ1) is 13.1. The minimum Gasteiger partial charge on any atom is -0.350 e. The maximum Gasteiger partial charge on any atom is 0.326 e. The lowest BCUT2D eigenvalue weighted by Crippen LogP contribution is -2.52. The van der Waals surface area contributed by atoms with E-state index in [1.54, 1.807) is 18.3 Å². The normalized spacial score (nSPS) is 19.0. The lowest BCUT2D eigenvalue weighted by molar-refractivity contribution is -0.195. The van der Waals surface area contributed by atoms with Crippen molar-refractivity contribution in [3.8, 4) is 0 Å². The molecule has 0 radical (unpaired) electrons. The molecule has 7 nitrogen and oxygen atoms in total. The molecule has 0 bridgehead atoms. The Balaban J connectivity index is 1.65. The van der Waals surface area contributed by atoms with Crippen LogP contribution in [0.5, 0.6) is 0 Å². The molecule has 0 aromatic carbocycles. The minimum absolute atomic E-state index is 0.139. The number of anilines is 1. The fourth-order valence-electron chi connectivity index (χ4n) is 3.19. The average Bonchev–Trinajstić information content (AvgIpc) is 3.13. The number of amides is 1. The number of H-pyrrole nitrogens is 1. The minimum atomic E-state index is -4.30. The van der Waals surface area contributed by atoms with Gasteiger partial charge in [0, 0.05) is 33.3 Å². The second-order valence-electron chi connectivity index (χ2n) is 7.02. The van der Waals surface area contributed by atoms with Crippen molar-refractivity contribution >= 4 is 22.8 Å². The van der Waals surface area contributed by atoms with Gasteiger partial charge in [-0.15, -0.1) is 0 Å². The first-order valence-corrected chi connectivity index (χ1v) is 8.90. The fraction of sp³-hybridized carbons (Fsp3) is 0.588. The molecule has 3 rings (SSSR count). The number of nitrogens with one attached hydrogen (secondary N) is 2. The number of carbonyl (C=O) groups excluding carboxylic acids is 1. The number of hydrogen-bond acceptors (Lipinski definition) is 5. The molecule has 154 valence electrons. The monoisotopic (exact) mass is 402 g/mol. The van der Waals surface area contributed by atoms with E-state index in [1.165, 1.54) is 6.33 Å². The van der Waals surface area contributed by atoms with Crippen molar-refractivity contribution in [2.45, 2.75) is 31.6 Å². The molecule has 28 heavy (non-hydrogen) atoms. The zero-order valence-electron chi connectivity index (χ0n) is 15.6. The summed E-state index contributed by atoms with van der Waals surface area (Å²) in [5.74, 6) is -9.09. The Morgan fingerprint density at radius 1 is 1.39 bits per heavy atom. The van der Waals surface area contributed by atoms with Gasteiger partial charge in [0.1, 0.15) is 12.0 Å². The van der Waals surface area contributed by atoms with Crippen LogP contribution >= 0.6 is 0 Å². The van der Waals surface area contributed by atoms with Gasteiger partial charge in [0.2, 0.25) is 5.91 Å². The average molecular weight is 402 g/mol. The number of piperidine rings is 1. The summed E-state index contributed by atoms with van der Waals surface area (Å²) in [6, 6.07) is 1.84. The van der Waals surface area contributed by atoms with Gasteiger partial charge in [0.15, 0.2) is 5.82 Å². The van der Waals surface area contributed by atoms with E-state index in [4.69, 9.17) is 0 Å². The lowest BCUT2D eigenvalue weighted by Gasteiger charge is -2.38. The van der Waals surface area contributed by atoms with E-state index in [2.05, 4.69) is 15.0 Å². The number of carbonyl (C=O) groups is 1. The van der Waals surface area contributed by atoms with Gasteiger partial charge < -0.3 is 10.3 Å². The van der Waals surface area contributed by atoms with Crippen LogP contribution in [0, 0.1) is 5.92 Å². The molecule has 1 fully saturated rings. The smallest absolute Gasteiger partial charge is 0.326 e. The van der Waals surface area contributed by atoms with Gasteiger partial charge >= 0.3 is 11.8 Å². The van der Waals surface area contributed by atoms with Crippen molar-refractivity contribution in [3.63, 3.8) is 0 Å². The summed E-state index contributed by atoms with van der Waals surface area (Å²) in [6.07, 6.45) is 4.32. The van der Waals surface area contributed by atoms with Crippen LogP contribution in [0.4, 0.5) is 23.4 Å². The van der Waals surface area contributed by atoms with E-state index in [0.717, 1.165) is 5.39 Å². The highest BCUT2D eigenvalue weighted by atomic mass is 19.3. The Morgan fingerprint density at radius 2 is 2.14 bits per heavy atom. The van der Waals surface area contributed by atoms with Gasteiger partial charge in [-0.3, -0.25) is 9.80 Å². The molecule has 1 amide bonds. The molecule has 1 aliphatic heterocycles. The third-order valence-electron chi connectivity index (χ3n) is 4.96. The van der Waals surface area contributed by atoms with Crippen LogP contribution in [-0.2, 0) is 4.79 Å². The summed E-state index contributed by atoms with van der Waals surface area (Å²) in [7, 11) is 1.79. The van der Waals surface area contributed by atoms with E-state index in [1.807, 2.05) is 16.4 Å². The zero-order chi connectivity index (χ0) is 20.5. The summed E-state index contributed by atoms with van der Waals surface area (Å²) < 4.78 is 52.6. The summed E-state index contributed by atoms with van der Waals surface area (Å²) in [5, 5.41) is 6.47. The number of aromatic amines is 1. The van der Waals surface area contributed by atoms with E-state index in [0.29, 0.717) is 30.9 Å². The lowest BCUT2D eigenvalue weighted by atomic mass is 9.98. The van der Waals surface area contributed by atoms with E-state index >= 15 is 0 Å². The molecule has 3 heterocycles. The van der Waals surface area contributed by atoms with E-state index in [9.17, 15) is 22.4 Å². The highest BCUT2D eigenvalue weighted by Crippen LogP contribution is 2.33. The van der Waals surface area contributed by atoms with Gasteiger partial charge in [0.25, 0.3) is 0 Å². The van der Waals surface area contributed by atoms with Crippen LogP contribution in [0.1, 0.15) is 19.8 Å². The van der Waals surface area contributed by atoms with Crippen molar-refractivity contribution in [1.82, 2.24) is 25.3 Å². The summed E-state index contributed by atoms with van der Waals surface area (Å²) in [4.78, 5) is 23.7. The Bertz CT molecular complexity index is 836. The number of aromatic nitrogens is 3. The quantitative estimate of drug-likeness (QED) is 0.726. The number of hydrazine groups is 1. The van der Waals surface area contributed by atoms with Gasteiger partial charge in [0.05, 0.1) is 17.8 Å². The third-order valence-corrected chi connectivity index (χ3v) is 4.96. The highest BCUT2D eigenvalue weighted by molar-refractivity contribution is 5.87. The molecule has 2 N–H and O–H groups in total. The number of nitrogens with zero attached hydrogens (tertiary/aromatic N) is 4. The fourth-order valence-corrected chi connectivity index (χ4v) is 3.19. The number of alkyl halides is 4. The Morgan fingerprint density at radius 3 is 2.86 bits per heavy atom. The van der Waals surface area contributed by atoms with Gasteiger partial charge in [-0.05, 0) is 18.9 Å². The summed E-state index contributed by atoms with van der Waals surface area (Å²) >= 11 is 0. The predicted molar refractivity (Wildman–Crippen MR) is 95.2 cm³/mol. The van der Waals surface area contributed by atoms with Crippen LogP contribution in [0.2, 0.25) is 0 Å². The molecule has 1 saturated heterocycles. The number of fused-ring (bicyclic) bond motifs is 1. The first-order valence-electron chi connectivity index (χ1n) is 8.90. The number of halogens is 4. The Hall–Kier alpha value is -2.43. The number of hydrogen-bond donors (Lipinski definition) is 2. The largest absolute Gasteiger partial charge is 0.350 e. The maximum absolute atomic E-state index is 13.4. The van der Waals surface area contributed by atoms with Crippen LogP contribution in [0.15, 0.2) is 18.6 Å². The molecule has 1 atom stereocenters. The van der Waals surface area contributed by atoms with Crippen molar-refractivity contribution in [2.24, 2.45) is 5.92 Å². The summed E-state index contributed by atoms with van der Waals surface area (Å²) in [6.45, 7) is -0.330. The topological polar surface area (TPSA) is 77.2 Å². The SMILES string of the molecule is CN(c1ncnc2[nH]ccc12)N1CCC[C@H](C(=O)NCC(F)(F)C(C)(F)F)C1. The van der Waals surface area contributed by atoms with Gasteiger partial charge in [-0.1, -0.05) is 0 Å². The van der Waals surface area contributed by atoms with Crippen LogP contribution in [0.25, 0.3) is 11.0 Å². The molecule has 2 aromatic rings. The predicted octanol–water partition coefficient (Wildman–Crippen LogP) is 2.43. The molecule has 0 aliphatic carbocycles. The summed E-state index contributed by atoms with van der Waals surface area (Å²) in [5.41, 5.74) is 0.672. The maximum atomic E-state index is 13.4. The van der Waals surface area contributed by atoms with E-state index < -0.39 is 30.2 Å². The van der Waals surface area contributed by atoms with Crippen LogP contribution in [0.3, 0.4) is 0 Å². The van der Waals surface area contributed by atoms with E-state index in [-0.39, 0.29) is 13.5 Å². The van der Waals surface area contributed by atoms with Crippen LogP contribution in [-0.4, -0.2) is 64.4 Å². The molecule has 0 saturated carbocycles. The van der Waals surface area contributed by atoms with Crippen LogP contribution < -0.4 is 10.3 Å². The van der Waals surface area contributed by atoms with Crippen molar-refractivity contribution in [3.05, 3.63) is 18.6 Å². The van der Waals surface area contributed by atoms with Crippen molar-refractivity contribution < 1.29 is 22.4 Å². The molecule has 0 spiro atoms. The van der Waals surface area contributed by atoms with Crippen molar-refractivity contribution in [2.75, 3.05) is 31.7 Å². The second-order valence-corrected chi connectivity index (χ2v) is 7.02. The third kappa shape index (κ3) is 4.03. The highest BCUT2D eigenvalue weighted by Gasteiger charge is 2.52. The molecular weight excluding hydrogens is 380 g/mol. The Labute approximate surface area is 159 Å². The molecule has 0 unspecified atom stereocenters. The standard InChI is InChI=1S/C17H22F4N6O/c1-16(18,19)17(20,21)9-23-15(28)11-4-3-7-27(8-11)26(2)14-12-5-6-22-13(12)24-10-25-14/h5-6,10-11H,3-4,7-9H2,1-2H3,(H,23,28)(H,22,24,25)/t11-/m0/s1. The number of rotatable bonds is 6.